The average Bonchev–Trinajstić information content (AvgIpc) is 3.30. The van der Waals surface area contributed by atoms with Gasteiger partial charge in [0, 0.05) is 35.7 Å². The Balaban J connectivity index is 1.61. The molecule has 36 heavy (non-hydrogen) atoms. The molecule has 1 amide bonds. The molecule has 2 heterocycles. The minimum absolute atomic E-state index is 0.0104. The summed E-state index contributed by atoms with van der Waals surface area (Å²) in [4.78, 5) is 31.9. The molecule has 0 bridgehead atoms. The number of benzene rings is 2. The fourth-order valence-corrected chi connectivity index (χ4v) is 4.14. The third kappa shape index (κ3) is 6.51. The van der Waals surface area contributed by atoms with Gasteiger partial charge in [0.05, 0.1) is 10.7 Å². The lowest BCUT2D eigenvalue weighted by Gasteiger charge is -2.26. The second-order valence-corrected chi connectivity index (χ2v) is 8.78. The number of nitrogens with zero attached hydrogens (tertiary/aromatic N) is 5. The van der Waals surface area contributed by atoms with Crippen LogP contribution in [0, 0.1) is 22.0 Å². The molecule has 4 rings (SSSR count). The number of nitrogens with one attached hydrogen (secondary N) is 1. The molecule has 0 spiro atoms. The van der Waals surface area contributed by atoms with Crippen LogP contribution < -0.4 is 5.43 Å². The van der Waals surface area contributed by atoms with Crippen molar-refractivity contribution in [2.24, 2.45) is 0 Å². The van der Waals surface area contributed by atoms with Crippen LogP contribution in [0.15, 0.2) is 42.5 Å². The van der Waals surface area contributed by atoms with Crippen molar-refractivity contribution < 1.29 is 14.7 Å². The van der Waals surface area contributed by atoms with Crippen LogP contribution >= 0.6 is 23.2 Å². The Morgan fingerprint density at radius 3 is 2.58 bits per heavy atom. The highest BCUT2D eigenvalue weighted by molar-refractivity contribution is 6.35. The molecule has 1 saturated heterocycles. The number of halogens is 2. The molecule has 1 aromatic heterocycles. The summed E-state index contributed by atoms with van der Waals surface area (Å²) in [6, 6.07) is 12.2. The van der Waals surface area contributed by atoms with Crippen LogP contribution in [0.5, 0.6) is 0 Å². The minimum Gasteiger partial charge on any atom is -0.313 e. The number of carbonyl (C=O) groups excluding carboxylic acids is 1. The Kier molecular flexibility index (Phi) is 8.38. The number of piperidine rings is 1. The maximum absolute atomic E-state index is 12.9. The normalized spacial score (nSPS) is 13.5. The quantitative estimate of drug-likeness (QED) is 0.210. The van der Waals surface area contributed by atoms with E-state index in [9.17, 15) is 14.9 Å². The van der Waals surface area contributed by atoms with E-state index in [2.05, 4.69) is 32.2 Å². The van der Waals surface area contributed by atoms with E-state index < -0.39 is 11.0 Å². The van der Waals surface area contributed by atoms with Gasteiger partial charge in [0.2, 0.25) is 5.82 Å². The van der Waals surface area contributed by atoms with Crippen LogP contribution in [-0.2, 0) is 4.84 Å². The van der Waals surface area contributed by atoms with Crippen LogP contribution in [0.3, 0.4) is 0 Å². The summed E-state index contributed by atoms with van der Waals surface area (Å²) in [7, 11) is 0. The van der Waals surface area contributed by atoms with Gasteiger partial charge >= 0.3 is 5.91 Å². The summed E-state index contributed by atoms with van der Waals surface area (Å²) in [5.41, 5.74) is 4.80. The number of rotatable bonds is 7. The molecule has 0 aliphatic carbocycles. The van der Waals surface area contributed by atoms with Gasteiger partial charge in [-0.05, 0) is 55.3 Å². The van der Waals surface area contributed by atoms with Crippen molar-refractivity contribution in [1.82, 2.24) is 25.2 Å². The number of hydrazine groups is 1. The zero-order chi connectivity index (χ0) is 25.5. The topological polar surface area (TPSA) is 115 Å². The van der Waals surface area contributed by atoms with Crippen LogP contribution in [-0.4, -0.2) is 50.5 Å². The van der Waals surface area contributed by atoms with Crippen molar-refractivity contribution in [3.05, 3.63) is 74.0 Å². The first-order valence-electron chi connectivity index (χ1n) is 11.3. The molecular formula is C24H22Cl2N6O4. The van der Waals surface area contributed by atoms with Gasteiger partial charge in [0.15, 0.2) is 5.82 Å². The van der Waals surface area contributed by atoms with Gasteiger partial charge in [0.25, 0.3) is 5.09 Å². The second kappa shape index (κ2) is 11.9. The Bertz CT molecular complexity index is 1310. The average molecular weight is 529 g/mol. The zero-order valence-corrected chi connectivity index (χ0v) is 20.6. The van der Waals surface area contributed by atoms with Gasteiger partial charge in [-0.2, -0.15) is 0 Å². The highest BCUT2D eigenvalue weighted by atomic mass is 35.5. The van der Waals surface area contributed by atoms with E-state index in [4.69, 9.17) is 23.2 Å². The fraction of sp³-hybridized carbons (Fsp3) is 0.292. The lowest BCUT2D eigenvalue weighted by atomic mass is 10.1. The summed E-state index contributed by atoms with van der Waals surface area (Å²) in [5, 5.41) is 16.5. The molecule has 0 unspecified atom stereocenters. The molecule has 0 saturated carbocycles. The minimum atomic E-state index is -0.847. The highest BCUT2D eigenvalue weighted by Gasteiger charge is 2.22. The van der Waals surface area contributed by atoms with E-state index in [1.165, 1.54) is 4.68 Å². The van der Waals surface area contributed by atoms with E-state index in [-0.39, 0.29) is 18.9 Å². The molecule has 1 aliphatic rings. The van der Waals surface area contributed by atoms with Gasteiger partial charge in [-0.1, -0.05) is 41.5 Å². The number of aromatic nitrogens is 3. The van der Waals surface area contributed by atoms with E-state index in [1.54, 1.807) is 42.5 Å². The molecular weight excluding hydrogens is 507 g/mol. The fourth-order valence-electron chi connectivity index (χ4n) is 3.65. The predicted molar refractivity (Wildman–Crippen MR) is 134 cm³/mol. The summed E-state index contributed by atoms with van der Waals surface area (Å²) < 4.78 is 1.51. The van der Waals surface area contributed by atoms with Crippen molar-refractivity contribution in [3.63, 3.8) is 0 Å². The molecule has 0 radical (unpaired) electrons. The molecule has 10 nitrogen and oxygen atoms in total. The monoisotopic (exact) mass is 528 g/mol. The highest BCUT2D eigenvalue weighted by Crippen LogP contribution is 2.28. The second-order valence-electron chi connectivity index (χ2n) is 7.94. The van der Waals surface area contributed by atoms with Gasteiger partial charge in [-0.25, -0.2) is 14.7 Å². The van der Waals surface area contributed by atoms with Gasteiger partial charge in [0.1, 0.15) is 6.61 Å². The molecule has 186 valence electrons. The van der Waals surface area contributed by atoms with Crippen molar-refractivity contribution >= 4 is 29.1 Å². The van der Waals surface area contributed by atoms with Crippen molar-refractivity contribution in [1.29, 1.82) is 0 Å². The molecule has 12 heteroatoms. The summed E-state index contributed by atoms with van der Waals surface area (Å²) in [5.74, 6) is 5.78. The molecule has 1 N–H and O–H groups in total. The van der Waals surface area contributed by atoms with Crippen LogP contribution in [0.25, 0.3) is 17.1 Å². The van der Waals surface area contributed by atoms with E-state index >= 15 is 0 Å². The largest absolute Gasteiger partial charge is 0.313 e. The maximum atomic E-state index is 12.9. The number of hydrogen-bond donors (Lipinski definition) is 1. The van der Waals surface area contributed by atoms with Crippen LogP contribution in [0.1, 0.15) is 41.9 Å². The van der Waals surface area contributed by atoms with Crippen LogP contribution in [0.4, 0.5) is 0 Å². The Morgan fingerprint density at radius 1 is 1.14 bits per heavy atom. The molecule has 3 aromatic rings. The molecule has 2 aromatic carbocycles. The molecule has 1 fully saturated rings. The Morgan fingerprint density at radius 2 is 1.89 bits per heavy atom. The SMILES string of the molecule is O=C(NN1CCCCC1)c1nc(-c2ccc(C#CCCO[N+](=O)[O-])cc2)n(-c2ccc(Cl)cc2Cl)n1. The maximum Gasteiger partial charge on any atom is 0.305 e. The van der Waals surface area contributed by atoms with Crippen molar-refractivity contribution in [2.45, 2.75) is 25.7 Å². The number of amides is 1. The summed E-state index contributed by atoms with van der Waals surface area (Å²) in [6.07, 6.45) is 3.41. The van der Waals surface area contributed by atoms with Gasteiger partial charge < -0.3 is 4.84 Å². The van der Waals surface area contributed by atoms with Gasteiger partial charge in [-0.3, -0.25) is 10.2 Å². The van der Waals surface area contributed by atoms with Crippen molar-refractivity contribution in [2.75, 3.05) is 19.7 Å². The smallest absolute Gasteiger partial charge is 0.305 e. The van der Waals surface area contributed by atoms with E-state index in [0.29, 0.717) is 32.7 Å². The van der Waals surface area contributed by atoms with Crippen LogP contribution in [0.2, 0.25) is 10.0 Å². The summed E-state index contributed by atoms with van der Waals surface area (Å²) in [6.45, 7) is 1.47. The lowest BCUT2D eigenvalue weighted by molar-refractivity contribution is -0.757. The standard InChI is InChI=1S/C24H22Cl2N6O4/c25-19-11-12-21(20(26)16-19)31-23(27-22(28-31)24(33)29-30-13-3-1-4-14-30)18-9-7-17(8-10-18)6-2-5-15-36-32(34)35/h7-12,16H,1,3-5,13-15H2,(H,29,33). The molecule has 0 atom stereocenters. The third-order valence-electron chi connectivity index (χ3n) is 5.36. The third-order valence-corrected chi connectivity index (χ3v) is 5.90. The Hall–Kier alpha value is -3.65. The van der Waals surface area contributed by atoms with E-state index in [1.807, 2.05) is 5.01 Å². The predicted octanol–water partition coefficient (Wildman–Crippen LogP) is 4.32. The summed E-state index contributed by atoms with van der Waals surface area (Å²) >= 11 is 12.5. The lowest BCUT2D eigenvalue weighted by Crippen LogP contribution is -2.45. The van der Waals surface area contributed by atoms with E-state index in [0.717, 1.165) is 32.4 Å². The first kappa shape index (κ1) is 25.4. The molecule has 1 aliphatic heterocycles. The Labute approximate surface area is 217 Å². The first-order chi connectivity index (χ1) is 17.4. The number of carbonyl (C=O) groups is 1. The van der Waals surface area contributed by atoms with Crippen molar-refractivity contribution in [3.8, 4) is 28.9 Å². The first-order valence-corrected chi connectivity index (χ1v) is 12.0. The zero-order valence-electron chi connectivity index (χ0n) is 19.1. The van der Waals surface area contributed by atoms with Gasteiger partial charge in [-0.15, -0.1) is 15.2 Å². The number of hydrogen-bond acceptors (Lipinski definition) is 7.